The third-order valence-corrected chi connectivity index (χ3v) is 9.44. The van der Waals surface area contributed by atoms with Gasteiger partial charge in [0.1, 0.15) is 16.4 Å². The fraction of sp³-hybridized carbons (Fsp3) is 0.357. The van der Waals surface area contributed by atoms with E-state index in [1.807, 2.05) is 4.90 Å². The molecule has 0 aliphatic carbocycles. The quantitative estimate of drug-likeness (QED) is 0.369. The maximum absolute atomic E-state index is 15.0. The Balaban J connectivity index is 1.83. The minimum atomic E-state index is -4.50. The number of anilines is 1. The lowest BCUT2D eigenvalue weighted by atomic mass is 9.82. The van der Waals surface area contributed by atoms with Crippen molar-refractivity contribution in [2.45, 2.75) is 29.3 Å². The van der Waals surface area contributed by atoms with E-state index in [2.05, 4.69) is 4.98 Å². The number of pyridine rings is 1. The van der Waals surface area contributed by atoms with E-state index in [1.165, 1.54) is 39.5 Å². The van der Waals surface area contributed by atoms with E-state index in [9.17, 15) is 8.42 Å². The lowest BCUT2D eigenvalue weighted by Crippen LogP contribution is -2.57. The number of hydrogen-bond acceptors (Lipinski definition) is 9. The van der Waals surface area contributed by atoms with E-state index in [0.29, 0.717) is 35.1 Å². The van der Waals surface area contributed by atoms with Gasteiger partial charge in [-0.2, -0.15) is 0 Å². The van der Waals surface area contributed by atoms with Crippen LogP contribution in [0, 0.1) is 0 Å². The number of halogens is 1. The molecule has 2 aromatic carbocycles. The number of fused-ring (bicyclic) bond motifs is 1. The molecular weight excluding hydrogens is 558 g/mol. The number of amides is 1. The molecule has 2 aliphatic rings. The van der Waals surface area contributed by atoms with Gasteiger partial charge in [-0.25, -0.2) is 17.7 Å². The monoisotopic (exact) mass is 587 g/mol. The second-order valence-corrected chi connectivity index (χ2v) is 11.7. The first-order chi connectivity index (χ1) is 19.2. The summed E-state index contributed by atoms with van der Waals surface area (Å²) in [7, 11) is 1.39. The molecule has 0 saturated carbocycles. The summed E-state index contributed by atoms with van der Waals surface area (Å²) in [6.45, 7) is 0.843. The van der Waals surface area contributed by atoms with E-state index < -0.39 is 21.5 Å². The number of hydrogen-bond donors (Lipinski definition) is 0. The van der Waals surface area contributed by atoms with Gasteiger partial charge in [-0.3, -0.25) is 9.69 Å². The van der Waals surface area contributed by atoms with Crippen molar-refractivity contribution in [1.82, 2.24) is 9.88 Å². The van der Waals surface area contributed by atoms with Crippen molar-refractivity contribution < 1.29 is 32.2 Å². The second-order valence-electron chi connectivity index (χ2n) is 9.47. The second kappa shape index (κ2) is 10.9. The number of carbonyl (C=O) groups is 1. The average molecular weight is 588 g/mol. The van der Waals surface area contributed by atoms with E-state index in [4.69, 9.17) is 30.5 Å². The molecule has 1 amide bonds. The van der Waals surface area contributed by atoms with Crippen molar-refractivity contribution in [2.75, 3.05) is 45.9 Å². The number of likely N-dealkylation sites (tertiary alicyclic amines) is 1. The van der Waals surface area contributed by atoms with Crippen LogP contribution < -0.4 is 18.5 Å². The van der Waals surface area contributed by atoms with Gasteiger partial charge in [0.05, 0.1) is 33.6 Å². The van der Waals surface area contributed by atoms with Gasteiger partial charge in [0.25, 0.3) is 15.9 Å². The van der Waals surface area contributed by atoms with Gasteiger partial charge >= 0.3 is 0 Å². The third-order valence-electron chi connectivity index (χ3n) is 7.47. The summed E-state index contributed by atoms with van der Waals surface area (Å²) < 4.78 is 51.5. The van der Waals surface area contributed by atoms with Crippen molar-refractivity contribution in [1.29, 1.82) is 0 Å². The molecule has 10 nitrogen and oxygen atoms in total. The third kappa shape index (κ3) is 4.19. The Bertz CT molecular complexity index is 1550. The first-order valence-electron chi connectivity index (χ1n) is 12.6. The molecule has 3 aromatic rings. The molecule has 12 heteroatoms. The van der Waals surface area contributed by atoms with Crippen LogP contribution in [-0.2, 0) is 25.1 Å². The molecule has 0 radical (unpaired) electrons. The van der Waals surface area contributed by atoms with Crippen LogP contribution in [-0.4, -0.2) is 71.8 Å². The van der Waals surface area contributed by atoms with Crippen molar-refractivity contribution in [3.8, 4) is 17.4 Å². The summed E-state index contributed by atoms with van der Waals surface area (Å²) in [6, 6.07) is 12.3. The summed E-state index contributed by atoms with van der Waals surface area (Å²) in [6.07, 6.45) is 3.09. The Hall–Kier alpha value is -3.38. The molecule has 1 aromatic heterocycles. The highest BCUT2D eigenvalue weighted by Gasteiger charge is 2.62. The van der Waals surface area contributed by atoms with Crippen molar-refractivity contribution in [3.05, 3.63) is 70.9 Å². The van der Waals surface area contributed by atoms with Crippen LogP contribution in [0.5, 0.6) is 17.4 Å². The number of nitrogens with zero attached hydrogens (tertiary/aromatic N) is 3. The average Bonchev–Trinajstić information content (AvgIpc) is 3.52. The first kappa shape index (κ1) is 28.2. The number of benzene rings is 2. The maximum atomic E-state index is 15.0. The van der Waals surface area contributed by atoms with Crippen LogP contribution in [0.4, 0.5) is 5.69 Å². The zero-order valence-electron chi connectivity index (χ0n) is 22.6. The first-order valence-corrected chi connectivity index (χ1v) is 14.4. The SMILES string of the molecule is COC[C@@H]1CCCN1C1(c2cccnc2OC)C(=O)N(S(=O)(=O)c2ccc(OC)cc2OC)c2ccc(Cl)cc21. The zero-order chi connectivity index (χ0) is 28.7. The summed E-state index contributed by atoms with van der Waals surface area (Å²) in [4.78, 5) is 21.2. The molecule has 1 unspecified atom stereocenters. The summed E-state index contributed by atoms with van der Waals surface area (Å²) >= 11 is 6.52. The maximum Gasteiger partial charge on any atom is 0.274 e. The van der Waals surface area contributed by atoms with Gasteiger partial charge in [0.2, 0.25) is 5.88 Å². The summed E-state index contributed by atoms with van der Waals surface area (Å²) in [5, 5.41) is 0.350. The van der Waals surface area contributed by atoms with Crippen molar-refractivity contribution in [3.63, 3.8) is 0 Å². The van der Waals surface area contributed by atoms with E-state index in [-0.39, 0.29) is 28.3 Å². The van der Waals surface area contributed by atoms with Crippen LogP contribution in [0.3, 0.4) is 0 Å². The van der Waals surface area contributed by atoms with Crippen LogP contribution in [0.15, 0.2) is 59.6 Å². The zero-order valence-corrected chi connectivity index (χ0v) is 24.2. The largest absolute Gasteiger partial charge is 0.497 e. The lowest BCUT2D eigenvalue weighted by molar-refractivity contribution is -0.127. The molecule has 3 heterocycles. The van der Waals surface area contributed by atoms with Crippen molar-refractivity contribution >= 4 is 33.2 Å². The number of rotatable bonds is 9. The van der Waals surface area contributed by atoms with Crippen LogP contribution in [0.25, 0.3) is 0 Å². The van der Waals surface area contributed by atoms with Crippen LogP contribution in [0.1, 0.15) is 24.0 Å². The number of ether oxygens (including phenoxy) is 4. The molecule has 5 rings (SSSR count). The highest BCUT2D eigenvalue weighted by Crippen LogP contribution is 2.54. The molecule has 0 bridgehead atoms. The predicted molar refractivity (Wildman–Crippen MR) is 149 cm³/mol. The summed E-state index contributed by atoms with van der Waals surface area (Å²) in [5.74, 6) is -0.0507. The Morgan fingerprint density at radius 3 is 2.52 bits per heavy atom. The summed E-state index contributed by atoms with van der Waals surface area (Å²) in [5.41, 5.74) is -0.614. The van der Waals surface area contributed by atoms with Gasteiger partial charge in [0, 0.05) is 48.1 Å². The molecule has 212 valence electrons. The minimum absolute atomic E-state index is 0.0394. The fourth-order valence-electron chi connectivity index (χ4n) is 5.84. The predicted octanol–water partition coefficient (Wildman–Crippen LogP) is 3.85. The molecule has 2 atom stereocenters. The topological polar surface area (TPSA) is 108 Å². The van der Waals surface area contributed by atoms with Gasteiger partial charge < -0.3 is 18.9 Å². The Kier molecular flexibility index (Phi) is 7.66. The highest BCUT2D eigenvalue weighted by molar-refractivity contribution is 7.93. The number of carbonyl (C=O) groups excluding carboxylic acids is 1. The van der Waals surface area contributed by atoms with Gasteiger partial charge in [-0.1, -0.05) is 11.6 Å². The molecule has 2 aliphatic heterocycles. The number of methoxy groups -OCH3 is 4. The molecule has 1 saturated heterocycles. The lowest BCUT2D eigenvalue weighted by Gasteiger charge is -2.41. The smallest absolute Gasteiger partial charge is 0.274 e. The number of sulfonamides is 1. The molecule has 40 heavy (non-hydrogen) atoms. The molecule has 0 spiro atoms. The standard InChI is InChI=1S/C28H30ClN3O7S/c1-36-17-19-7-6-14-31(19)28(21-8-5-13-30-26(21)39-4)22-15-18(29)9-11-23(22)32(27(28)33)40(34,35)25-12-10-20(37-2)16-24(25)38-3/h5,8-13,15-16,19H,6-7,14,17H2,1-4H3/t19-,28?/m0/s1. The molecule has 1 fully saturated rings. The van der Waals surface area contributed by atoms with E-state index >= 15 is 4.79 Å². The molecule has 0 N–H and O–H groups in total. The van der Waals surface area contributed by atoms with E-state index in [0.717, 1.165) is 17.1 Å². The van der Waals surface area contributed by atoms with Crippen LogP contribution in [0.2, 0.25) is 5.02 Å². The van der Waals surface area contributed by atoms with Crippen molar-refractivity contribution in [2.24, 2.45) is 0 Å². The fourth-order valence-corrected chi connectivity index (χ4v) is 7.61. The normalized spacial score (nSPS) is 21.0. The van der Waals surface area contributed by atoms with Gasteiger partial charge in [-0.05, 0) is 55.3 Å². The van der Waals surface area contributed by atoms with E-state index in [1.54, 1.807) is 43.6 Å². The Morgan fingerprint density at radius 2 is 1.82 bits per heavy atom. The van der Waals surface area contributed by atoms with Gasteiger partial charge in [0.15, 0.2) is 5.54 Å². The van der Waals surface area contributed by atoms with Gasteiger partial charge in [-0.15, -0.1) is 0 Å². The van der Waals surface area contributed by atoms with Crippen LogP contribution >= 0.6 is 11.6 Å². The Labute approximate surface area is 238 Å². The Morgan fingerprint density at radius 1 is 1.02 bits per heavy atom. The molecular formula is C28H30ClN3O7S. The highest BCUT2D eigenvalue weighted by atomic mass is 35.5. The minimum Gasteiger partial charge on any atom is -0.497 e. The number of aromatic nitrogens is 1.